The molecule has 3 aromatic heterocycles. The molecule has 10 nitrogen and oxygen atoms in total. The quantitative estimate of drug-likeness (QED) is 0.382. The molecule has 1 aliphatic rings. The van der Waals surface area contributed by atoms with Crippen LogP contribution in [0.1, 0.15) is 41.9 Å². The summed E-state index contributed by atoms with van der Waals surface area (Å²) < 4.78 is 11.5. The van der Waals surface area contributed by atoms with Crippen LogP contribution >= 0.6 is 0 Å². The molecule has 0 saturated carbocycles. The molecule has 0 bridgehead atoms. The third-order valence-corrected chi connectivity index (χ3v) is 6.75. The number of methoxy groups -OCH3 is 1. The molecule has 1 unspecified atom stereocenters. The van der Waals surface area contributed by atoms with E-state index in [2.05, 4.69) is 15.3 Å². The van der Waals surface area contributed by atoms with E-state index in [1.807, 2.05) is 6.07 Å². The van der Waals surface area contributed by atoms with Crippen molar-refractivity contribution in [3.63, 3.8) is 0 Å². The topological polar surface area (TPSA) is 135 Å². The summed E-state index contributed by atoms with van der Waals surface area (Å²) in [7, 11) is 1.52. The molecule has 1 atom stereocenters. The number of pyridine rings is 2. The fourth-order valence-electron chi connectivity index (χ4n) is 4.70. The monoisotopic (exact) mass is 514 g/mol. The number of fused-ring (bicyclic) bond motifs is 2. The van der Waals surface area contributed by atoms with Gasteiger partial charge in [0.25, 0.3) is 5.91 Å². The van der Waals surface area contributed by atoms with Crippen molar-refractivity contribution in [3.8, 4) is 22.8 Å². The SMILES string of the molecule is CCC(=O)NC(=O)C(C)(CN1Cc2ccc(OC)cc2C1=O)c1oc2cccnc2c1-c1ncccc1O. The van der Waals surface area contributed by atoms with Crippen LogP contribution < -0.4 is 10.1 Å². The summed E-state index contributed by atoms with van der Waals surface area (Å²) >= 11 is 0. The second-order valence-electron chi connectivity index (χ2n) is 9.27. The molecule has 2 N–H and O–H groups in total. The fourth-order valence-corrected chi connectivity index (χ4v) is 4.70. The van der Waals surface area contributed by atoms with Gasteiger partial charge in [0.05, 0.1) is 12.7 Å². The van der Waals surface area contributed by atoms with E-state index in [1.165, 1.54) is 24.3 Å². The molecular formula is C28H26N4O6. The van der Waals surface area contributed by atoms with Gasteiger partial charge in [-0.15, -0.1) is 0 Å². The average molecular weight is 515 g/mol. The molecule has 1 aliphatic heterocycles. The lowest BCUT2D eigenvalue weighted by atomic mass is 9.82. The molecule has 10 heteroatoms. The molecule has 0 fully saturated rings. The van der Waals surface area contributed by atoms with E-state index in [-0.39, 0.29) is 42.6 Å². The van der Waals surface area contributed by atoms with Gasteiger partial charge in [-0.3, -0.25) is 29.7 Å². The molecule has 0 saturated heterocycles. The predicted octanol–water partition coefficient (Wildman–Crippen LogP) is 3.57. The number of hydrogen-bond donors (Lipinski definition) is 2. The smallest absolute Gasteiger partial charge is 0.254 e. The Kier molecular flexibility index (Phi) is 6.31. The second-order valence-corrected chi connectivity index (χ2v) is 9.27. The Morgan fingerprint density at radius 1 is 1.18 bits per heavy atom. The minimum Gasteiger partial charge on any atom is -0.506 e. The highest BCUT2D eigenvalue weighted by Gasteiger charge is 2.46. The van der Waals surface area contributed by atoms with Gasteiger partial charge < -0.3 is 19.2 Å². The number of hydrogen-bond acceptors (Lipinski definition) is 8. The zero-order valence-corrected chi connectivity index (χ0v) is 21.1. The summed E-state index contributed by atoms with van der Waals surface area (Å²) in [4.78, 5) is 49.8. The summed E-state index contributed by atoms with van der Waals surface area (Å²) in [6.45, 7) is 3.37. The number of carbonyl (C=O) groups excluding carboxylic acids is 3. The molecule has 194 valence electrons. The first-order valence-electron chi connectivity index (χ1n) is 12.1. The molecule has 3 amide bonds. The molecule has 4 heterocycles. The first-order chi connectivity index (χ1) is 18.3. The van der Waals surface area contributed by atoms with Gasteiger partial charge in [0, 0.05) is 37.5 Å². The number of ether oxygens (including phenoxy) is 1. The van der Waals surface area contributed by atoms with E-state index in [0.717, 1.165) is 5.56 Å². The van der Waals surface area contributed by atoms with Gasteiger partial charge in [-0.25, -0.2) is 0 Å². The third-order valence-electron chi connectivity index (χ3n) is 6.75. The van der Waals surface area contributed by atoms with Crippen molar-refractivity contribution in [1.29, 1.82) is 0 Å². The van der Waals surface area contributed by atoms with Crippen molar-refractivity contribution < 1.29 is 28.6 Å². The summed E-state index contributed by atoms with van der Waals surface area (Å²) in [6.07, 6.45) is 3.16. The van der Waals surface area contributed by atoms with Crippen LogP contribution in [0.4, 0.5) is 0 Å². The Morgan fingerprint density at radius 2 is 1.95 bits per heavy atom. The molecule has 1 aromatic carbocycles. The fraction of sp³-hybridized carbons (Fsp3) is 0.250. The maximum absolute atomic E-state index is 13.8. The number of aromatic hydroxyl groups is 1. The predicted molar refractivity (Wildman–Crippen MR) is 137 cm³/mol. The van der Waals surface area contributed by atoms with Crippen LogP contribution in [0.2, 0.25) is 0 Å². The molecule has 0 radical (unpaired) electrons. The maximum Gasteiger partial charge on any atom is 0.254 e. The van der Waals surface area contributed by atoms with Crippen molar-refractivity contribution in [3.05, 3.63) is 71.7 Å². The summed E-state index contributed by atoms with van der Waals surface area (Å²) in [5.41, 5.74) is 0.935. The average Bonchev–Trinajstić information content (AvgIpc) is 3.46. The molecule has 38 heavy (non-hydrogen) atoms. The lowest BCUT2D eigenvalue weighted by molar-refractivity contribution is -0.134. The van der Waals surface area contributed by atoms with Crippen LogP contribution in [0.25, 0.3) is 22.4 Å². The van der Waals surface area contributed by atoms with Gasteiger partial charge in [-0.05, 0) is 48.9 Å². The van der Waals surface area contributed by atoms with Crippen LogP contribution in [0.3, 0.4) is 0 Å². The number of imide groups is 1. The number of nitrogens with one attached hydrogen (secondary N) is 1. The zero-order chi connectivity index (χ0) is 27.0. The standard InChI is InChI=1S/C28H26N4O6/c1-4-21(34)31-27(36)28(2,15-32-14-16-9-10-17(37-3)13-18(16)26(32)35)25-22(23-19(33)7-5-11-29-23)24-20(38-25)8-6-12-30-24/h5-13,33H,4,14-15H2,1-3H3,(H,31,34,36). The van der Waals surface area contributed by atoms with E-state index in [4.69, 9.17) is 9.15 Å². The molecule has 5 rings (SSSR count). The maximum atomic E-state index is 13.8. The third kappa shape index (κ3) is 4.13. The lowest BCUT2D eigenvalue weighted by Gasteiger charge is -2.31. The summed E-state index contributed by atoms with van der Waals surface area (Å²) in [6, 6.07) is 11.7. The minimum atomic E-state index is -1.56. The van der Waals surface area contributed by atoms with Crippen molar-refractivity contribution in [2.45, 2.75) is 32.2 Å². The number of aromatic nitrogens is 2. The Balaban J connectivity index is 1.67. The summed E-state index contributed by atoms with van der Waals surface area (Å²) in [5.74, 6) is -0.866. The number of benzene rings is 1. The Morgan fingerprint density at radius 3 is 2.68 bits per heavy atom. The van der Waals surface area contributed by atoms with E-state index in [1.54, 1.807) is 50.4 Å². The van der Waals surface area contributed by atoms with Crippen molar-refractivity contribution >= 4 is 28.8 Å². The summed E-state index contributed by atoms with van der Waals surface area (Å²) in [5, 5.41) is 13.1. The van der Waals surface area contributed by atoms with E-state index >= 15 is 0 Å². The Hall–Kier alpha value is -4.73. The minimum absolute atomic E-state index is 0.0886. The van der Waals surface area contributed by atoms with Crippen LogP contribution in [-0.4, -0.2) is 51.4 Å². The molecule has 0 aliphatic carbocycles. The van der Waals surface area contributed by atoms with Gasteiger partial charge in [-0.2, -0.15) is 0 Å². The number of nitrogens with zero attached hydrogens (tertiary/aromatic N) is 3. The van der Waals surface area contributed by atoms with Crippen LogP contribution in [0.15, 0.2) is 59.3 Å². The van der Waals surface area contributed by atoms with Gasteiger partial charge in [-0.1, -0.05) is 13.0 Å². The Bertz CT molecular complexity index is 1580. The van der Waals surface area contributed by atoms with E-state index < -0.39 is 17.2 Å². The second kappa shape index (κ2) is 9.62. The lowest BCUT2D eigenvalue weighted by Crippen LogP contribution is -2.51. The highest BCUT2D eigenvalue weighted by atomic mass is 16.5. The van der Waals surface area contributed by atoms with Gasteiger partial charge >= 0.3 is 0 Å². The van der Waals surface area contributed by atoms with Crippen LogP contribution in [0.5, 0.6) is 11.5 Å². The van der Waals surface area contributed by atoms with Gasteiger partial charge in [0.15, 0.2) is 5.58 Å². The van der Waals surface area contributed by atoms with E-state index in [9.17, 15) is 19.5 Å². The first-order valence-corrected chi connectivity index (χ1v) is 12.1. The normalized spacial score (nSPS) is 14.3. The zero-order valence-electron chi connectivity index (χ0n) is 21.1. The van der Waals surface area contributed by atoms with E-state index in [0.29, 0.717) is 28.0 Å². The largest absolute Gasteiger partial charge is 0.506 e. The number of furan rings is 1. The highest BCUT2D eigenvalue weighted by molar-refractivity contribution is 6.04. The highest BCUT2D eigenvalue weighted by Crippen LogP contribution is 2.43. The number of amides is 3. The van der Waals surface area contributed by atoms with Crippen molar-refractivity contribution in [2.75, 3.05) is 13.7 Å². The number of carbonyl (C=O) groups is 3. The molecule has 0 spiro atoms. The Labute approximate surface area is 218 Å². The van der Waals surface area contributed by atoms with Crippen molar-refractivity contribution in [2.24, 2.45) is 0 Å². The van der Waals surface area contributed by atoms with Crippen LogP contribution in [-0.2, 0) is 21.5 Å². The van der Waals surface area contributed by atoms with Crippen molar-refractivity contribution in [1.82, 2.24) is 20.2 Å². The van der Waals surface area contributed by atoms with Gasteiger partial charge in [0.1, 0.15) is 33.9 Å². The number of rotatable bonds is 7. The van der Waals surface area contributed by atoms with Gasteiger partial charge in [0.2, 0.25) is 11.8 Å². The first kappa shape index (κ1) is 24.9. The van der Waals surface area contributed by atoms with Crippen LogP contribution in [0, 0.1) is 0 Å². The molecule has 4 aromatic rings. The molecular weight excluding hydrogens is 488 g/mol.